The van der Waals surface area contributed by atoms with Gasteiger partial charge in [0.05, 0.1) is 20.4 Å². The lowest BCUT2D eigenvalue weighted by atomic mass is 10.2. The first-order valence-electron chi connectivity index (χ1n) is 10.6. The average molecular weight is 559 g/mol. The number of imide groups is 1. The maximum atomic E-state index is 13.8. The first-order valence-corrected chi connectivity index (χ1v) is 12.8. The summed E-state index contributed by atoms with van der Waals surface area (Å²) in [6, 6.07) is 20.8. The van der Waals surface area contributed by atoms with Crippen LogP contribution in [0.5, 0.6) is 11.5 Å². The summed E-state index contributed by atoms with van der Waals surface area (Å²) in [5.74, 6) is -1.04. The predicted octanol–water partition coefficient (Wildman–Crippen LogP) is 6.72. The Morgan fingerprint density at radius 2 is 1.30 bits per heavy atom. The van der Waals surface area contributed by atoms with Crippen molar-refractivity contribution in [1.82, 2.24) is 5.32 Å². The van der Waals surface area contributed by atoms with Gasteiger partial charge in [-0.15, -0.1) is 0 Å². The van der Waals surface area contributed by atoms with Crippen LogP contribution in [0, 0.1) is 5.82 Å². The second-order valence-electron chi connectivity index (χ2n) is 7.56. The smallest absolute Gasteiger partial charge is 0.326 e. The van der Waals surface area contributed by atoms with Crippen LogP contribution in [-0.2, 0) is 9.84 Å². The van der Waals surface area contributed by atoms with Crippen LogP contribution in [0.25, 0.3) is 0 Å². The molecule has 0 atom stereocenters. The molecule has 2 N–H and O–H groups in total. The molecule has 11 heteroatoms. The van der Waals surface area contributed by atoms with Gasteiger partial charge in [-0.1, -0.05) is 29.3 Å². The number of ether oxygens (including phenoxy) is 1. The van der Waals surface area contributed by atoms with Gasteiger partial charge in [0.15, 0.2) is 0 Å². The Morgan fingerprint density at radius 1 is 0.757 bits per heavy atom. The molecule has 0 aromatic heterocycles. The van der Waals surface area contributed by atoms with Gasteiger partial charge in [0.1, 0.15) is 17.3 Å². The molecule has 0 radical (unpaired) electrons. The third kappa shape index (κ3) is 6.26. The van der Waals surface area contributed by atoms with Crippen molar-refractivity contribution in [2.75, 3.05) is 5.32 Å². The zero-order valence-electron chi connectivity index (χ0n) is 18.7. The van der Waals surface area contributed by atoms with E-state index in [4.69, 9.17) is 27.9 Å². The summed E-state index contributed by atoms with van der Waals surface area (Å²) in [7, 11) is -3.71. The largest absolute Gasteiger partial charge is 0.457 e. The number of benzene rings is 4. The molecule has 3 amide bonds. The van der Waals surface area contributed by atoms with Crippen molar-refractivity contribution >= 4 is 50.7 Å². The van der Waals surface area contributed by atoms with E-state index < -0.39 is 33.2 Å². The lowest BCUT2D eigenvalue weighted by molar-refractivity contribution is 0.0963. The molecule has 0 unspecified atom stereocenters. The number of hydrogen-bond acceptors (Lipinski definition) is 5. The molecule has 0 spiro atoms. The topological polar surface area (TPSA) is 102 Å². The Kier molecular flexibility index (Phi) is 7.77. The number of urea groups is 1. The molecular weight excluding hydrogens is 542 g/mol. The quantitative estimate of drug-likeness (QED) is 0.273. The summed E-state index contributed by atoms with van der Waals surface area (Å²) in [5.41, 5.74) is -0.100. The van der Waals surface area contributed by atoms with Crippen molar-refractivity contribution in [3.8, 4) is 11.5 Å². The van der Waals surface area contributed by atoms with Crippen molar-refractivity contribution in [3.05, 3.63) is 112 Å². The fourth-order valence-electron chi connectivity index (χ4n) is 3.22. The fourth-order valence-corrected chi connectivity index (χ4v) is 4.86. The number of nitrogens with one attached hydrogen (secondary N) is 2. The van der Waals surface area contributed by atoms with Crippen LogP contribution >= 0.6 is 23.2 Å². The van der Waals surface area contributed by atoms with Crippen LogP contribution in [0.3, 0.4) is 0 Å². The molecule has 0 aliphatic carbocycles. The normalized spacial score (nSPS) is 11.0. The number of anilines is 1. The Hall–Kier alpha value is -3.92. The number of amides is 3. The SMILES string of the molecule is O=C(NC(=O)c1c(F)cccc1Cl)Nc1ccc(Oc2ccc(S(=O)(=O)c3ccc(Cl)cc3)cc2)cc1. The van der Waals surface area contributed by atoms with Crippen molar-refractivity contribution in [3.63, 3.8) is 0 Å². The highest BCUT2D eigenvalue weighted by Crippen LogP contribution is 2.27. The summed E-state index contributed by atoms with van der Waals surface area (Å²) in [6.07, 6.45) is 0. The molecule has 4 aromatic carbocycles. The van der Waals surface area contributed by atoms with Gasteiger partial charge in [-0.3, -0.25) is 10.1 Å². The van der Waals surface area contributed by atoms with E-state index in [1.165, 1.54) is 72.8 Å². The predicted molar refractivity (Wildman–Crippen MR) is 138 cm³/mol. The van der Waals surface area contributed by atoms with Gasteiger partial charge in [-0.2, -0.15) is 0 Å². The lowest BCUT2D eigenvalue weighted by Crippen LogP contribution is -2.35. The number of carbonyl (C=O) groups excluding carboxylic acids is 2. The molecule has 4 aromatic rings. The molecular formula is C26H17Cl2FN2O5S. The van der Waals surface area contributed by atoms with E-state index in [9.17, 15) is 22.4 Å². The van der Waals surface area contributed by atoms with Gasteiger partial charge in [-0.05, 0) is 84.9 Å². The van der Waals surface area contributed by atoms with Crippen LogP contribution in [0.2, 0.25) is 10.0 Å². The minimum Gasteiger partial charge on any atom is -0.457 e. The molecule has 0 saturated carbocycles. The molecule has 0 aliphatic rings. The highest BCUT2D eigenvalue weighted by molar-refractivity contribution is 7.91. The molecule has 188 valence electrons. The average Bonchev–Trinajstić information content (AvgIpc) is 2.86. The zero-order chi connectivity index (χ0) is 26.6. The van der Waals surface area contributed by atoms with Crippen LogP contribution in [0.1, 0.15) is 10.4 Å². The third-order valence-corrected chi connectivity index (χ3v) is 7.38. The minimum absolute atomic E-state index is 0.0963. The van der Waals surface area contributed by atoms with Crippen molar-refractivity contribution in [2.24, 2.45) is 0 Å². The standard InChI is InChI=1S/C26H17Cl2FN2O5S/c27-16-4-12-20(13-5-16)37(34,35)21-14-10-19(11-15-21)36-18-8-6-17(7-9-18)30-26(33)31-25(32)24-22(28)2-1-3-23(24)29/h1-15H,(H2,30,31,32,33). The number of hydrogen-bond donors (Lipinski definition) is 2. The Labute approximate surface area is 221 Å². The highest BCUT2D eigenvalue weighted by Gasteiger charge is 2.19. The van der Waals surface area contributed by atoms with E-state index in [1.807, 2.05) is 5.32 Å². The lowest BCUT2D eigenvalue weighted by Gasteiger charge is -2.10. The molecule has 4 rings (SSSR count). The van der Waals surface area contributed by atoms with Gasteiger partial charge in [0.25, 0.3) is 5.91 Å². The van der Waals surface area contributed by atoms with E-state index >= 15 is 0 Å². The summed E-state index contributed by atoms with van der Waals surface area (Å²) in [5, 5.41) is 4.77. The van der Waals surface area contributed by atoms with Crippen molar-refractivity contribution in [1.29, 1.82) is 0 Å². The first kappa shape index (κ1) is 26.2. The van der Waals surface area contributed by atoms with E-state index in [2.05, 4.69) is 5.32 Å². The van der Waals surface area contributed by atoms with E-state index in [-0.39, 0.29) is 14.8 Å². The first-order chi connectivity index (χ1) is 17.6. The molecule has 0 aliphatic heterocycles. The summed E-state index contributed by atoms with van der Waals surface area (Å²) in [6.45, 7) is 0. The summed E-state index contributed by atoms with van der Waals surface area (Å²) in [4.78, 5) is 24.5. The van der Waals surface area contributed by atoms with Gasteiger partial charge >= 0.3 is 6.03 Å². The highest BCUT2D eigenvalue weighted by atomic mass is 35.5. The second kappa shape index (κ2) is 11.0. The Balaban J connectivity index is 1.36. The number of rotatable bonds is 6. The molecule has 0 saturated heterocycles. The van der Waals surface area contributed by atoms with Gasteiger partial charge in [0.2, 0.25) is 9.84 Å². The van der Waals surface area contributed by atoms with Crippen LogP contribution in [0.15, 0.2) is 101 Å². The van der Waals surface area contributed by atoms with Gasteiger partial charge in [0, 0.05) is 10.7 Å². The number of halogens is 3. The second-order valence-corrected chi connectivity index (χ2v) is 10.4. The van der Waals surface area contributed by atoms with E-state index in [0.717, 1.165) is 6.07 Å². The van der Waals surface area contributed by atoms with E-state index in [0.29, 0.717) is 22.2 Å². The van der Waals surface area contributed by atoms with Gasteiger partial charge in [-0.25, -0.2) is 17.6 Å². The summed E-state index contributed by atoms with van der Waals surface area (Å²) < 4.78 is 45.1. The van der Waals surface area contributed by atoms with Crippen LogP contribution in [-0.4, -0.2) is 20.4 Å². The zero-order valence-corrected chi connectivity index (χ0v) is 21.1. The Bertz CT molecular complexity index is 1540. The van der Waals surface area contributed by atoms with Crippen molar-refractivity contribution < 1.29 is 27.1 Å². The monoisotopic (exact) mass is 558 g/mol. The number of sulfone groups is 1. The maximum Gasteiger partial charge on any atom is 0.326 e. The van der Waals surface area contributed by atoms with Crippen LogP contribution in [0.4, 0.5) is 14.9 Å². The van der Waals surface area contributed by atoms with Crippen LogP contribution < -0.4 is 15.4 Å². The molecule has 0 bridgehead atoms. The van der Waals surface area contributed by atoms with Crippen molar-refractivity contribution in [2.45, 2.75) is 9.79 Å². The van der Waals surface area contributed by atoms with E-state index in [1.54, 1.807) is 12.1 Å². The minimum atomic E-state index is -3.71. The third-order valence-electron chi connectivity index (χ3n) is 5.02. The molecule has 0 heterocycles. The Morgan fingerprint density at radius 3 is 1.86 bits per heavy atom. The molecule has 7 nitrogen and oxygen atoms in total. The maximum absolute atomic E-state index is 13.8. The van der Waals surface area contributed by atoms with Gasteiger partial charge < -0.3 is 10.1 Å². The molecule has 37 heavy (non-hydrogen) atoms. The fraction of sp³-hybridized carbons (Fsp3) is 0. The molecule has 0 fully saturated rings. The number of carbonyl (C=O) groups is 2. The summed E-state index contributed by atoms with van der Waals surface area (Å²) >= 11 is 11.7.